The SMILES string of the molecule is O=CN1CCN(C(=O)CCCOc2ccccc2)CC1. The van der Waals surface area contributed by atoms with Crippen molar-refractivity contribution < 1.29 is 14.3 Å². The molecule has 5 heteroatoms. The molecule has 1 aromatic rings. The van der Waals surface area contributed by atoms with Crippen molar-refractivity contribution in [1.29, 1.82) is 0 Å². The Labute approximate surface area is 119 Å². The van der Waals surface area contributed by atoms with Gasteiger partial charge in [-0.3, -0.25) is 9.59 Å². The second-order valence-electron chi connectivity index (χ2n) is 4.79. The summed E-state index contributed by atoms with van der Waals surface area (Å²) in [7, 11) is 0. The van der Waals surface area contributed by atoms with Crippen LogP contribution in [0.25, 0.3) is 0 Å². The van der Waals surface area contributed by atoms with E-state index in [0.29, 0.717) is 45.6 Å². The number of piperazine rings is 1. The van der Waals surface area contributed by atoms with Crippen LogP contribution in [0.4, 0.5) is 0 Å². The second kappa shape index (κ2) is 7.53. The zero-order valence-corrected chi connectivity index (χ0v) is 11.5. The van der Waals surface area contributed by atoms with Crippen LogP contribution in [0.5, 0.6) is 5.75 Å². The maximum absolute atomic E-state index is 12.0. The van der Waals surface area contributed by atoms with E-state index in [2.05, 4.69) is 0 Å². The molecule has 0 aromatic heterocycles. The number of hydrogen-bond acceptors (Lipinski definition) is 3. The number of ether oxygens (including phenoxy) is 1. The Morgan fingerprint density at radius 2 is 1.85 bits per heavy atom. The van der Waals surface area contributed by atoms with Gasteiger partial charge >= 0.3 is 0 Å². The summed E-state index contributed by atoms with van der Waals surface area (Å²) in [4.78, 5) is 26.1. The molecule has 0 radical (unpaired) electrons. The summed E-state index contributed by atoms with van der Waals surface area (Å²) in [6.07, 6.45) is 2.05. The highest BCUT2D eigenvalue weighted by molar-refractivity contribution is 5.76. The van der Waals surface area contributed by atoms with E-state index >= 15 is 0 Å². The van der Waals surface area contributed by atoms with E-state index in [9.17, 15) is 9.59 Å². The van der Waals surface area contributed by atoms with E-state index in [-0.39, 0.29) is 5.91 Å². The molecule has 1 heterocycles. The predicted molar refractivity (Wildman–Crippen MR) is 75.4 cm³/mol. The van der Waals surface area contributed by atoms with Crippen LogP contribution in [-0.4, -0.2) is 54.9 Å². The Balaban J connectivity index is 1.62. The first kappa shape index (κ1) is 14.4. The Hall–Kier alpha value is -2.04. The van der Waals surface area contributed by atoms with Crippen LogP contribution in [0, 0.1) is 0 Å². The van der Waals surface area contributed by atoms with E-state index in [4.69, 9.17) is 4.74 Å². The monoisotopic (exact) mass is 276 g/mol. The van der Waals surface area contributed by atoms with Gasteiger partial charge in [-0.2, -0.15) is 0 Å². The minimum atomic E-state index is 0.146. The molecule has 1 fully saturated rings. The zero-order valence-electron chi connectivity index (χ0n) is 11.5. The fourth-order valence-electron chi connectivity index (χ4n) is 2.16. The molecule has 108 valence electrons. The normalized spacial score (nSPS) is 15.0. The first-order chi connectivity index (χ1) is 9.79. The Morgan fingerprint density at radius 3 is 2.50 bits per heavy atom. The molecule has 0 aliphatic carbocycles. The molecular weight excluding hydrogens is 256 g/mol. The smallest absolute Gasteiger partial charge is 0.222 e. The highest BCUT2D eigenvalue weighted by atomic mass is 16.5. The fourth-order valence-corrected chi connectivity index (χ4v) is 2.16. The first-order valence-corrected chi connectivity index (χ1v) is 6.94. The van der Waals surface area contributed by atoms with Crippen molar-refractivity contribution in [2.24, 2.45) is 0 Å². The minimum absolute atomic E-state index is 0.146. The van der Waals surface area contributed by atoms with Crippen LogP contribution < -0.4 is 4.74 Å². The minimum Gasteiger partial charge on any atom is -0.494 e. The summed E-state index contributed by atoms with van der Waals surface area (Å²) in [5.74, 6) is 0.978. The standard InChI is InChI=1S/C15H20N2O3/c18-13-16-8-10-17(11-9-16)15(19)7-4-12-20-14-5-2-1-3-6-14/h1-3,5-6,13H,4,7-12H2. The Kier molecular flexibility index (Phi) is 5.41. The van der Waals surface area contributed by atoms with Crippen molar-refractivity contribution in [3.63, 3.8) is 0 Å². The number of para-hydroxylation sites is 1. The van der Waals surface area contributed by atoms with E-state index in [1.165, 1.54) is 0 Å². The van der Waals surface area contributed by atoms with Crippen LogP contribution in [0.15, 0.2) is 30.3 Å². The second-order valence-corrected chi connectivity index (χ2v) is 4.79. The third-order valence-electron chi connectivity index (χ3n) is 3.36. The van der Waals surface area contributed by atoms with Gasteiger partial charge in [-0.1, -0.05) is 18.2 Å². The average Bonchev–Trinajstić information content (AvgIpc) is 2.52. The highest BCUT2D eigenvalue weighted by Crippen LogP contribution is 2.09. The van der Waals surface area contributed by atoms with Gasteiger partial charge in [0.05, 0.1) is 6.61 Å². The predicted octanol–water partition coefficient (Wildman–Crippen LogP) is 1.15. The Morgan fingerprint density at radius 1 is 1.15 bits per heavy atom. The largest absolute Gasteiger partial charge is 0.494 e. The van der Waals surface area contributed by atoms with Crippen molar-refractivity contribution in [1.82, 2.24) is 9.80 Å². The molecule has 0 N–H and O–H groups in total. The number of carbonyl (C=O) groups excluding carboxylic acids is 2. The topological polar surface area (TPSA) is 49.9 Å². The number of benzene rings is 1. The van der Waals surface area contributed by atoms with Gasteiger partial charge in [0.25, 0.3) is 0 Å². The summed E-state index contributed by atoms with van der Waals surface area (Å²) < 4.78 is 5.55. The molecule has 20 heavy (non-hydrogen) atoms. The fraction of sp³-hybridized carbons (Fsp3) is 0.467. The molecule has 2 amide bonds. The lowest BCUT2D eigenvalue weighted by molar-refractivity contribution is -0.135. The van der Waals surface area contributed by atoms with E-state index in [0.717, 1.165) is 12.2 Å². The van der Waals surface area contributed by atoms with Crippen molar-refractivity contribution in [2.45, 2.75) is 12.8 Å². The molecule has 0 spiro atoms. The maximum atomic E-state index is 12.0. The third-order valence-corrected chi connectivity index (χ3v) is 3.36. The van der Waals surface area contributed by atoms with Gasteiger partial charge in [0, 0.05) is 32.6 Å². The quantitative estimate of drug-likeness (QED) is 0.578. The molecule has 5 nitrogen and oxygen atoms in total. The lowest BCUT2D eigenvalue weighted by Crippen LogP contribution is -2.48. The van der Waals surface area contributed by atoms with Crippen molar-refractivity contribution >= 4 is 12.3 Å². The maximum Gasteiger partial charge on any atom is 0.222 e. The summed E-state index contributed by atoms with van der Waals surface area (Å²) in [5.41, 5.74) is 0. The number of carbonyl (C=O) groups is 2. The van der Waals surface area contributed by atoms with Gasteiger partial charge in [0.1, 0.15) is 5.75 Å². The number of nitrogens with zero attached hydrogens (tertiary/aromatic N) is 2. The van der Waals surface area contributed by atoms with Crippen molar-refractivity contribution in [2.75, 3.05) is 32.8 Å². The first-order valence-electron chi connectivity index (χ1n) is 6.94. The molecule has 0 bridgehead atoms. The molecular formula is C15H20N2O3. The summed E-state index contributed by atoms with van der Waals surface area (Å²) in [6.45, 7) is 3.09. The summed E-state index contributed by atoms with van der Waals surface area (Å²) in [6, 6.07) is 9.59. The van der Waals surface area contributed by atoms with Gasteiger partial charge < -0.3 is 14.5 Å². The summed E-state index contributed by atoms with van der Waals surface area (Å²) >= 11 is 0. The van der Waals surface area contributed by atoms with Gasteiger partial charge in [0.15, 0.2) is 0 Å². The van der Waals surface area contributed by atoms with E-state index in [1.54, 1.807) is 4.90 Å². The van der Waals surface area contributed by atoms with E-state index < -0.39 is 0 Å². The number of amides is 2. The van der Waals surface area contributed by atoms with Crippen LogP contribution in [-0.2, 0) is 9.59 Å². The van der Waals surface area contributed by atoms with Crippen LogP contribution in [0.2, 0.25) is 0 Å². The highest BCUT2D eigenvalue weighted by Gasteiger charge is 2.19. The van der Waals surface area contributed by atoms with Crippen LogP contribution >= 0.6 is 0 Å². The average molecular weight is 276 g/mol. The van der Waals surface area contributed by atoms with Gasteiger partial charge in [0.2, 0.25) is 12.3 Å². The van der Waals surface area contributed by atoms with Crippen LogP contribution in [0.3, 0.4) is 0 Å². The molecule has 1 aliphatic heterocycles. The lowest BCUT2D eigenvalue weighted by atomic mass is 10.2. The molecule has 1 saturated heterocycles. The van der Waals surface area contributed by atoms with Gasteiger partial charge in [-0.15, -0.1) is 0 Å². The molecule has 1 aliphatic rings. The lowest BCUT2D eigenvalue weighted by Gasteiger charge is -2.32. The van der Waals surface area contributed by atoms with Gasteiger partial charge in [-0.05, 0) is 18.6 Å². The zero-order chi connectivity index (χ0) is 14.2. The number of hydrogen-bond donors (Lipinski definition) is 0. The van der Waals surface area contributed by atoms with Crippen LogP contribution in [0.1, 0.15) is 12.8 Å². The summed E-state index contributed by atoms with van der Waals surface area (Å²) in [5, 5.41) is 0. The molecule has 0 atom stereocenters. The Bertz CT molecular complexity index is 428. The van der Waals surface area contributed by atoms with E-state index in [1.807, 2.05) is 35.2 Å². The third kappa shape index (κ3) is 4.26. The molecule has 1 aromatic carbocycles. The molecule has 0 saturated carbocycles. The number of rotatable bonds is 6. The molecule has 0 unspecified atom stereocenters. The molecule has 2 rings (SSSR count). The van der Waals surface area contributed by atoms with Crippen molar-refractivity contribution in [3.8, 4) is 5.75 Å². The van der Waals surface area contributed by atoms with Gasteiger partial charge in [-0.25, -0.2) is 0 Å². The van der Waals surface area contributed by atoms with Crippen molar-refractivity contribution in [3.05, 3.63) is 30.3 Å².